The van der Waals surface area contributed by atoms with Gasteiger partial charge in [-0.1, -0.05) is 13.0 Å². The van der Waals surface area contributed by atoms with E-state index >= 15 is 0 Å². The molecule has 8 nitrogen and oxygen atoms in total. The van der Waals surface area contributed by atoms with Crippen molar-refractivity contribution in [3.05, 3.63) is 66.1 Å². The average molecular weight is 469 g/mol. The van der Waals surface area contributed by atoms with Gasteiger partial charge in [-0.05, 0) is 60.5 Å². The maximum atomic E-state index is 5.44. The first-order chi connectivity index (χ1) is 17.1. The van der Waals surface area contributed by atoms with Gasteiger partial charge in [0.1, 0.15) is 5.69 Å². The fourth-order valence-electron chi connectivity index (χ4n) is 4.25. The van der Waals surface area contributed by atoms with Crippen molar-refractivity contribution in [2.24, 2.45) is 0 Å². The van der Waals surface area contributed by atoms with Crippen LogP contribution in [0, 0.1) is 6.92 Å². The van der Waals surface area contributed by atoms with Gasteiger partial charge >= 0.3 is 0 Å². The lowest BCUT2D eigenvalue weighted by atomic mass is 9.98. The summed E-state index contributed by atoms with van der Waals surface area (Å²) < 4.78 is 10.8. The second-order valence-corrected chi connectivity index (χ2v) is 8.29. The van der Waals surface area contributed by atoms with E-state index in [0.717, 1.165) is 52.1 Å². The predicted octanol–water partition coefficient (Wildman–Crippen LogP) is 5.12. The van der Waals surface area contributed by atoms with E-state index in [1.165, 1.54) is 11.1 Å². The molecule has 0 aliphatic rings. The molecule has 5 aromatic rings. The highest BCUT2D eigenvalue weighted by atomic mass is 16.5. The van der Waals surface area contributed by atoms with Crippen LogP contribution in [0.5, 0.6) is 11.5 Å². The molecule has 8 heteroatoms. The van der Waals surface area contributed by atoms with Crippen molar-refractivity contribution in [1.82, 2.24) is 30.5 Å². The number of H-pyrrole nitrogens is 2. The van der Waals surface area contributed by atoms with Crippen LogP contribution < -0.4 is 14.8 Å². The number of ether oxygens (including phenoxy) is 2. The van der Waals surface area contributed by atoms with Crippen molar-refractivity contribution in [3.8, 4) is 45.4 Å². The van der Waals surface area contributed by atoms with E-state index in [4.69, 9.17) is 14.5 Å². The number of rotatable bonds is 8. The first-order valence-electron chi connectivity index (χ1n) is 11.5. The number of aromatic amines is 2. The van der Waals surface area contributed by atoms with Crippen molar-refractivity contribution < 1.29 is 9.47 Å². The number of fused-ring (bicyclic) bond motifs is 1. The first-order valence-corrected chi connectivity index (χ1v) is 11.5. The lowest BCUT2D eigenvalue weighted by Gasteiger charge is -2.11. The zero-order valence-electron chi connectivity index (χ0n) is 20.3. The summed E-state index contributed by atoms with van der Waals surface area (Å²) in [4.78, 5) is 12.6. The highest BCUT2D eigenvalue weighted by molar-refractivity contribution is 5.94. The van der Waals surface area contributed by atoms with Crippen LogP contribution in [0.2, 0.25) is 0 Å². The molecule has 35 heavy (non-hydrogen) atoms. The minimum Gasteiger partial charge on any atom is -0.493 e. The van der Waals surface area contributed by atoms with Crippen molar-refractivity contribution >= 4 is 10.9 Å². The maximum Gasteiger partial charge on any atom is 0.161 e. The summed E-state index contributed by atoms with van der Waals surface area (Å²) in [6.45, 7) is 5.97. The SMILES string of the molecule is CCNCc1cncc(-c2ccc3[nH]nc(-c4nc(-c5ccc(OC)c(OC)c5)c[nH]4)c3c2)c1C. The zero-order chi connectivity index (χ0) is 24.4. The van der Waals surface area contributed by atoms with Gasteiger partial charge in [0.05, 0.1) is 25.4 Å². The van der Waals surface area contributed by atoms with E-state index in [0.29, 0.717) is 17.3 Å². The smallest absolute Gasteiger partial charge is 0.161 e. The van der Waals surface area contributed by atoms with Gasteiger partial charge in [0.15, 0.2) is 17.3 Å². The normalized spacial score (nSPS) is 11.2. The largest absolute Gasteiger partial charge is 0.493 e. The van der Waals surface area contributed by atoms with Crippen LogP contribution in [-0.2, 0) is 6.54 Å². The van der Waals surface area contributed by atoms with Crippen LogP contribution in [0.15, 0.2) is 55.0 Å². The van der Waals surface area contributed by atoms with Gasteiger partial charge in [0, 0.05) is 41.6 Å². The van der Waals surface area contributed by atoms with E-state index in [1.807, 2.05) is 36.8 Å². The molecule has 0 aliphatic carbocycles. The van der Waals surface area contributed by atoms with Crippen molar-refractivity contribution in [3.63, 3.8) is 0 Å². The molecule has 0 radical (unpaired) electrons. The van der Waals surface area contributed by atoms with Crippen LogP contribution in [0.25, 0.3) is 44.8 Å². The van der Waals surface area contributed by atoms with Gasteiger partial charge in [0.25, 0.3) is 0 Å². The van der Waals surface area contributed by atoms with Crippen LogP contribution in [0.1, 0.15) is 18.1 Å². The van der Waals surface area contributed by atoms with Gasteiger partial charge in [-0.25, -0.2) is 4.98 Å². The summed E-state index contributed by atoms with van der Waals surface area (Å²) in [5, 5.41) is 12.1. The molecule has 0 atom stereocenters. The van der Waals surface area contributed by atoms with E-state index < -0.39 is 0 Å². The molecule has 2 aromatic carbocycles. The molecule has 3 heterocycles. The van der Waals surface area contributed by atoms with Crippen LogP contribution in [0.3, 0.4) is 0 Å². The molecule has 0 saturated carbocycles. The number of hydrogen-bond acceptors (Lipinski definition) is 6. The average Bonchev–Trinajstić information content (AvgIpc) is 3.54. The number of pyridine rings is 1. The molecular formula is C27H28N6O2. The highest BCUT2D eigenvalue weighted by Gasteiger charge is 2.16. The molecule has 0 bridgehead atoms. The molecule has 0 amide bonds. The van der Waals surface area contributed by atoms with Gasteiger partial charge < -0.3 is 19.8 Å². The predicted molar refractivity (Wildman–Crippen MR) is 138 cm³/mol. The summed E-state index contributed by atoms with van der Waals surface area (Å²) in [5.74, 6) is 2.02. The summed E-state index contributed by atoms with van der Waals surface area (Å²) in [5.41, 5.74) is 8.05. The molecule has 0 fully saturated rings. The summed E-state index contributed by atoms with van der Waals surface area (Å²) >= 11 is 0. The van der Waals surface area contributed by atoms with E-state index in [1.54, 1.807) is 14.2 Å². The second-order valence-electron chi connectivity index (χ2n) is 8.29. The Labute approximate surface area is 203 Å². The molecule has 0 saturated heterocycles. The molecule has 5 rings (SSSR count). The van der Waals surface area contributed by atoms with Gasteiger partial charge in [-0.3, -0.25) is 10.1 Å². The van der Waals surface area contributed by atoms with Gasteiger partial charge in [0.2, 0.25) is 0 Å². The van der Waals surface area contributed by atoms with E-state index in [-0.39, 0.29) is 0 Å². The molecule has 178 valence electrons. The van der Waals surface area contributed by atoms with Crippen molar-refractivity contribution in [2.75, 3.05) is 20.8 Å². The monoisotopic (exact) mass is 468 g/mol. The molecule has 0 spiro atoms. The molecule has 3 N–H and O–H groups in total. The maximum absolute atomic E-state index is 5.44. The van der Waals surface area contributed by atoms with Crippen molar-refractivity contribution in [2.45, 2.75) is 20.4 Å². The molecule has 0 aliphatic heterocycles. The summed E-state index contributed by atoms with van der Waals surface area (Å²) in [7, 11) is 3.25. The fourth-order valence-corrected chi connectivity index (χ4v) is 4.25. The zero-order valence-corrected chi connectivity index (χ0v) is 20.3. The highest BCUT2D eigenvalue weighted by Crippen LogP contribution is 2.34. The lowest BCUT2D eigenvalue weighted by molar-refractivity contribution is 0.355. The number of nitrogens with zero attached hydrogens (tertiary/aromatic N) is 3. The lowest BCUT2D eigenvalue weighted by Crippen LogP contribution is -2.13. The van der Waals surface area contributed by atoms with Gasteiger partial charge in [-0.2, -0.15) is 5.10 Å². The Bertz CT molecular complexity index is 1490. The molecule has 0 unspecified atom stereocenters. The Morgan fingerprint density at radius 1 is 0.971 bits per heavy atom. The first kappa shape index (κ1) is 22.6. The van der Waals surface area contributed by atoms with Crippen LogP contribution in [0.4, 0.5) is 0 Å². The Morgan fingerprint density at radius 2 is 1.80 bits per heavy atom. The van der Waals surface area contributed by atoms with E-state index in [9.17, 15) is 0 Å². The number of imidazole rings is 1. The number of aromatic nitrogens is 5. The van der Waals surface area contributed by atoms with Gasteiger partial charge in [-0.15, -0.1) is 0 Å². The van der Waals surface area contributed by atoms with Crippen LogP contribution >= 0.6 is 0 Å². The number of hydrogen-bond donors (Lipinski definition) is 3. The third-order valence-corrected chi connectivity index (χ3v) is 6.24. The minimum atomic E-state index is 0.657. The number of methoxy groups -OCH3 is 2. The summed E-state index contributed by atoms with van der Waals surface area (Å²) in [6.07, 6.45) is 5.73. The standard InChI is InChI=1S/C27H28N6O2/c1-5-28-12-19-13-29-14-21(16(19)2)17-6-8-22-20(10-17)26(33-32-22)27-30-15-23(31-27)18-7-9-24(34-3)25(11-18)35-4/h6-11,13-15,28H,5,12H2,1-4H3,(H,30,31)(H,32,33). The summed E-state index contributed by atoms with van der Waals surface area (Å²) in [6, 6.07) is 12.0. The Hall–Kier alpha value is -4.17. The fraction of sp³-hybridized carbons (Fsp3) is 0.222. The molecular weight excluding hydrogens is 440 g/mol. The minimum absolute atomic E-state index is 0.657. The Morgan fingerprint density at radius 3 is 2.60 bits per heavy atom. The number of benzene rings is 2. The van der Waals surface area contributed by atoms with E-state index in [2.05, 4.69) is 57.5 Å². The number of nitrogens with one attached hydrogen (secondary N) is 3. The Kier molecular flexibility index (Phi) is 6.20. The third kappa shape index (κ3) is 4.24. The second kappa shape index (κ2) is 9.60. The third-order valence-electron chi connectivity index (χ3n) is 6.24. The molecule has 3 aromatic heterocycles. The van der Waals surface area contributed by atoms with Crippen molar-refractivity contribution in [1.29, 1.82) is 0 Å². The van der Waals surface area contributed by atoms with Crippen LogP contribution in [-0.4, -0.2) is 45.9 Å². The topological polar surface area (TPSA) is 101 Å². The Balaban J connectivity index is 1.52. The quantitative estimate of drug-likeness (QED) is 0.292.